The Morgan fingerprint density at radius 3 is 2.57 bits per heavy atom. The molecule has 0 bridgehead atoms. The molecule has 1 amide bonds. The molecule has 0 spiro atoms. The summed E-state index contributed by atoms with van der Waals surface area (Å²) in [6, 6.07) is 11.0. The topological polar surface area (TPSA) is 105 Å². The molecule has 1 aliphatic heterocycles. The third-order valence-electron chi connectivity index (χ3n) is 4.31. The SMILES string of the molecule is CCC1SC(=O)N(Cc2ccc([N+](=O)[O-])cc2)N=C1c1ccc(OC)c(O)c1. The number of hydrogen-bond donors (Lipinski definition) is 1. The number of thioether (sulfide) groups is 1. The van der Waals surface area contributed by atoms with Gasteiger partial charge < -0.3 is 9.84 Å². The number of carbonyl (C=O) groups excluding carboxylic acids is 1. The number of nitro benzene ring substituents is 1. The van der Waals surface area contributed by atoms with Crippen LogP contribution in [0.2, 0.25) is 0 Å². The van der Waals surface area contributed by atoms with E-state index < -0.39 is 4.92 Å². The van der Waals surface area contributed by atoms with Gasteiger partial charge >= 0.3 is 5.24 Å². The van der Waals surface area contributed by atoms with Gasteiger partial charge in [0.2, 0.25) is 0 Å². The standard InChI is InChI=1S/C19H19N3O5S/c1-3-17-18(13-6-9-16(27-2)15(23)10-13)20-21(19(24)28-17)11-12-4-7-14(8-5-12)22(25)26/h4-10,17,23H,3,11H2,1-2H3. The van der Waals surface area contributed by atoms with E-state index in [-0.39, 0.29) is 28.5 Å². The van der Waals surface area contributed by atoms with Crippen LogP contribution in [-0.4, -0.2) is 38.3 Å². The van der Waals surface area contributed by atoms with Gasteiger partial charge in [0.15, 0.2) is 11.5 Å². The Hall–Kier alpha value is -3.07. The van der Waals surface area contributed by atoms with Crippen LogP contribution in [0.5, 0.6) is 11.5 Å². The summed E-state index contributed by atoms with van der Waals surface area (Å²) in [5, 5.41) is 26.4. The number of nitrogens with zero attached hydrogens (tertiary/aromatic N) is 3. The maximum Gasteiger partial charge on any atom is 0.302 e. The molecular weight excluding hydrogens is 382 g/mol. The molecule has 9 heteroatoms. The molecule has 0 fully saturated rings. The highest BCUT2D eigenvalue weighted by molar-refractivity contribution is 8.14. The second-order valence-corrected chi connectivity index (χ2v) is 7.29. The number of non-ortho nitro benzene ring substituents is 1. The average Bonchev–Trinajstić information content (AvgIpc) is 2.69. The Morgan fingerprint density at radius 1 is 1.29 bits per heavy atom. The number of nitro groups is 1. The van der Waals surface area contributed by atoms with Gasteiger partial charge in [-0.3, -0.25) is 14.9 Å². The number of amides is 1. The van der Waals surface area contributed by atoms with Crippen LogP contribution >= 0.6 is 11.8 Å². The fourth-order valence-corrected chi connectivity index (χ4v) is 3.77. The Balaban J connectivity index is 1.90. The van der Waals surface area contributed by atoms with E-state index in [9.17, 15) is 20.0 Å². The molecule has 0 aromatic heterocycles. The largest absolute Gasteiger partial charge is 0.504 e. The fourth-order valence-electron chi connectivity index (χ4n) is 2.84. The number of phenols is 1. The van der Waals surface area contributed by atoms with Gasteiger partial charge in [0.05, 0.1) is 29.5 Å². The van der Waals surface area contributed by atoms with Gasteiger partial charge in [-0.05, 0) is 30.2 Å². The molecular formula is C19H19N3O5S. The molecule has 2 aromatic carbocycles. The molecule has 0 saturated carbocycles. The lowest BCUT2D eigenvalue weighted by Crippen LogP contribution is -2.34. The second kappa shape index (κ2) is 8.30. The molecule has 0 aliphatic carbocycles. The van der Waals surface area contributed by atoms with Crippen molar-refractivity contribution < 1.29 is 19.6 Å². The molecule has 0 saturated heterocycles. The summed E-state index contributed by atoms with van der Waals surface area (Å²) in [4.78, 5) is 22.8. The highest BCUT2D eigenvalue weighted by Crippen LogP contribution is 2.33. The number of aromatic hydroxyl groups is 1. The minimum Gasteiger partial charge on any atom is -0.504 e. The summed E-state index contributed by atoms with van der Waals surface area (Å²) < 4.78 is 5.08. The van der Waals surface area contributed by atoms with Crippen LogP contribution < -0.4 is 4.74 Å². The lowest BCUT2D eigenvalue weighted by atomic mass is 10.0. The van der Waals surface area contributed by atoms with Crippen molar-refractivity contribution in [3.63, 3.8) is 0 Å². The summed E-state index contributed by atoms with van der Waals surface area (Å²) in [6.07, 6.45) is 0.702. The number of hydrogen-bond acceptors (Lipinski definition) is 7. The van der Waals surface area contributed by atoms with Gasteiger partial charge in [0, 0.05) is 17.7 Å². The third-order valence-corrected chi connectivity index (χ3v) is 5.57. The van der Waals surface area contributed by atoms with Gasteiger partial charge in [0.25, 0.3) is 5.69 Å². The van der Waals surface area contributed by atoms with Gasteiger partial charge in [0.1, 0.15) is 0 Å². The quantitative estimate of drug-likeness (QED) is 0.575. The molecule has 1 atom stereocenters. The number of hydrazone groups is 1. The molecule has 2 aromatic rings. The van der Waals surface area contributed by atoms with Crippen molar-refractivity contribution in [2.24, 2.45) is 5.10 Å². The first-order chi connectivity index (χ1) is 13.4. The van der Waals surface area contributed by atoms with E-state index in [1.54, 1.807) is 30.3 Å². The highest BCUT2D eigenvalue weighted by Gasteiger charge is 2.30. The Morgan fingerprint density at radius 2 is 2.00 bits per heavy atom. The summed E-state index contributed by atoms with van der Waals surface area (Å²) in [5.41, 5.74) is 2.12. The monoisotopic (exact) mass is 401 g/mol. The van der Waals surface area contributed by atoms with Crippen molar-refractivity contribution in [1.82, 2.24) is 5.01 Å². The molecule has 3 rings (SSSR count). The maximum absolute atomic E-state index is 12.5. The average molecular weight is 401 g/mol. The van der Waals surface area contributed by atoms with Gasteiger partial charge in [-0.2, -0.15) is 5.10 Å². The van der Waals surface area contributed by atoms with Crippen LogP contribution in [0.1, 0.15) is 24.5 Å². The molecule has 0 radical (unpaired) electrons. The van der Waals surface area contributed by atoms with Gasteiger partial charge in [-0.15, -0.1) is 0 Å². The van der Waals surface area contributed by atoms with Crippen LogP contribution in [0.4, 0.5) is 10.5 Å². The normalized spacial score (nSPS) is 16.6. The van der Waals surface area contributed by atoms with E-state index >= 15 is 0 Å². The van der Waals surface area contributed by atoms with Crippen LogP contribution in [0, 0.1) is 10.1 Å². The lowest BCUT2D eigenvalue weighted by Gasteiger charge is -2.28. The molecule has 1 aliphatic rings. The third kappa shape index (κ3) is 4.09. The van der Waals surface area contributed by atoms with Crippen LogP contribution in [0.25, 0.3) is 0 Å². The van der Waals surface area contributed by atoms with Crippen LogP contribution in [0.3, 0.4) is 0 Å². The fraction of sp³-hybridized carbons (Fsp3) is 0.263. The first-order valence-corrected chi connectivity index (χ1v) is 9.48. The zero-order valence-electron chi connectivity index (χ0n) is 15.4. The summed E-state index contributed by atoms with van der Waals surface area (Å²) in [7, 11) is 1.47. The van der Waals surface area contributed by atoms with E-state index in [0.717, 1.165) is 5.56 Å². The first-order valence-electron chi connectivity index (χ1n) is 8.60. The highest BCUT2D eigenvalue weighted by atomic mass is 32.2. The minimum absolute atomic E-state index is 0.00127. The summed E-state index contributed by atoms with van der Waals surface area (Å²) in [6.45, 7) is 2.17. The molecule has 8 nitrogen and oxygen atoms in total. The predicted molar refractivity (Wildman–Crippen MR) is 107 cm³/mol. The van der Waals surface area contributed by atoms with Crippen LogP contribution in [-0.2, 0) is 6.54 Å². The first kappa shape index (κ1) is 19.7. The van der Waals surface area contributed by atoms with E-state index in [1.807, 2.05) is 6.92 Å². The van der Waals surface area contributed by atoms with Crippen molar-refractivity contribution >= 4 is 28.4 Å². The maximum atomic E-state index is 12.5. The molecule has 1 heterocycles. The molecule has 1 N–H and O–H groups in total. The van der Waals surface area contributed by atoms with Crippen molar-refractivity contribution in [2.75, 3.05) is 7.11 Å². The Labute approximate surface area is 166 Å². The zero-order valence-corrected chi connectivity index (χ0v) is 16.2. The van der Waals surface area contributed by atoms with Gasteiger partial charge in [-0.1, -0.05) is 30.8 Å². The molecule has 28 heavy (non-hydrogen) atoms. The zero-order chi connectivity index (χ0) is 20.3. The summed E-state index contributed by atoms with van der Waals surface area (Å²) in [5.74, 6) is 0.362. The van der Waals surface area contributed by atoms with Crippen molar-refractivity contribution in [3.05, 3.63) is 63.7 Å². The van der Waals surface area contributed by atoms with Crippen molar-refractivity contribution in [2.45, 2.75) is 25.1 Å². The van der Waals surface area contributed by atoms with E-state index in [4.69, 9.17) is 4.74 Å². The number of methoxy groups -OCH3 is 1. The van der Waals surface area contributed by atoms with Gasteiger partial charge in [-0.25, -0.2) is 5.01 Å². The Kier molecular flexibility index (Phi) is 5.84. The second-order valence-electron chi connectivity index (χ2n) is 6.13. The van der Waals surface area contributed by atoms with E-state index in [2.05, 4.69) is 5.10 Å². The predicted octanol–water partition coefficient (Wildman–Crippen LogP) is 4.16. The number of rotatable bonds is 6. The smallest absolute Gasteiger partial charge is 0.302 e. The van der Waals surface area contributed by atoms with Crippen LogP contribution in [0.15, 0.2) is 47.6 Å². The van der Waals surface area contributed by atoms with Crippen molar-refractivity contribution in [3.8, 4) is 11.5 Å². The number of carbonyl (C=O) groups is 1. The Bertz CT molecular complexity index is 930. The number of ether oxygens (including phenoxy) is 1. The number of benzene rings is 2. The number of phenolic OH excluding ortho intramolecular Hbond substituents is 1. The van der Waals surface area contributed by atoms with Crippen molar-refractivity contribution in [1.29, 1.82) is 0 Å². The molecule has 146 valence electrons. The summed E-state index contributed by atoms with van der Waals surface area (Å²) >= 11 is 1.18. The minimum atomic E-state index is -0.468. The van der Waals surface area contributed by atoms with E-state index in [1.165, 1.54) is 36.0 Å². The lowest BCUT2D eigenvalue weighted by molar-refractivity contribution is -0.384. The molecule has 1 unspecified atom stereocenters. The van der Waals surface area contributed by atoms with E-state index in [0.29, 0.717) is 23.4 Å².